The van der Waals surface area contributed by atoms with Gasteiger partial charge in [0.25, 0.3) is 0 Å². The SMILES string of the molecule is Fc1ccc(Cn2c(CC3CCN(CCNc4ncccn4)CC3)nc3cccnc32)cc1. The molecule has 0 aliphatic carbocycles. The van der Waals surface area contributed by atoms with Crippen molar-refractivity contribution in [2.45, 2.75) is 25.8 Å². The zero-order valence-electron chi connectivity index (χ0n) is 18.6. The van der Waals surface area contributed by atoms with Gasteiger partial charge in [-0.05, 0) is 67.7 Å². The van der Waals surface area contributed by atoms with E-state index in [0.717, 1.165) is 68.0 Å². The highest BCUT2D eigenvalue weighted by Gasteiger charge is 2.22. The van der Waals surface area contributed by atoms with Crippen LogP contribution in [0, 0.1) is 11.7 Å². The maximum absolute atomic E-state index is 13.4. The summed E-state index contributed by atoms with van der Waals surface area (Å²) in [5.74, 6) is 2.12. The number of nitrogens with zero attached hydrogens (tertiary/aromatic N) is 6. The van der Waals surface area contributed by atoms with Crippen molar-refractivity contribution in [1.82, 2.24) is 29.4 Å². The van der Waals surface area contributed by atoms with Crippen molar-refractivity contribution in [3.63, 3.8) is 0 Å². The monoisotopic (exact) mass is 445 g/mol. The summed E-state index contributed by atoms with van der Waals surface area (Å²) < 4.78 is 15.6. The number of benzene rings is 1. The molecule has 4 heterocycles. The standard InChI is InChI=1S/C25H28FN7/c26-21-6-4-20(5-7-21)18-33-23(31-22-3-1-10-27-24(22)33)17-19-8-14-32(15-9-19)16-13-30-25-28-11-2-12-29-25/h1-7,10-12,19H,8-9,13-18H2,(H,28,29,30). The van der Waals surface area contributed by atoms with Gasteiger partial charge in [0.05, 0.1) is 6.54 Å². The number of piperidine rings is 1. The van der Waals surface area contributed by atoms with Crippen LogP contribution in [-0.4, -0.2) is 55.6 Å². The van der Waals surface area contributed by atoms with Gasteiger partial charge in [0.1, 0.15) is 17.2 Å². The summed E-state index contributed by atoms with van der Waals surface area (Å²) in [5, 5.41) is 3.28. The summed E-state index contributed by atoms with van der Waals surface area (Å²) in [4.78, 5) is 20.4. The summed E-state index contributed by atoms with van der Waals surface area (Å²) in [5.41, 5.74) is 2.86. The summed E-state index contributed by atoms with van der Waals surface area (Å²) >= 11 is 0. The molecule has 0 spiro atoms. The number of aromatic nitrogens is 5. The Morgan fingerprint density at radius 2 is 1.70 bits per heavy atom. The van der Waals surface area contributed by atoms with Crippen molar-refractivity contribution >= 4 is 17.1 Å². The number of pyridine rings is 1. The van der Waals surface area contributed by atoms with E-state index in [0.29, 0.717) is 18.4 Å². The van der Waals surface area contributed by atoms with Gasteiger partial charge in [-0.15, -0.1) is 0 Å². The van der Waals surface area contributed by atoms with Crippen LogP contribution in [0.4, 0.5) is 10.3 Å². The largest absolute Gasteiger partial charge is 0.353 e. The van der Waals surface area contributed by atoms with Crippen LogP contribution in [0.1, 0.15) is 24.2 Å². The van der Waals surface area contributed by atoms with Crippen LogP contribution in [0.5, 0.6) is 0 Å². The molecule has 0 bridgehead atoms. The quantitative estimate of drug-likeness (QED) is 0.445. The molecule has 1 saturated heterocycles. The third kappa shape index (κ3) is 5.34. The van der Waals surface area contributed by atoms with Gasteiger partial charge in [0, 0.05) is 38.1 Å². The van der Waals surface area contributed by atoms with E-state index in [9.17, 15) is 4.39 Å². The first-order chi connectivity index (χ1) is 16.2. The topological polar surface area (TPSA) is 71.8 Å². The fourth-order valence-electron chi connectivity index (χ4n) is 4.49. The Hall–Kier alpha value is -3.39. The number of rotatable bonds is 8. The van der Waals surface area contributed by atoms with E-state index in [4.69, 9.17) is 4.98 Å². The smallest absolute Gasteiger partial charge is 0.222 e. The molecule has 1 fully saturated rings. The minimum Gasteiger partial charge on any atom is -0.353 e. The van der Waals surface area contributed by atoms with Gasteiger partial charge in [-0.3, -0.25) is 0 Å². The fraction of sp³-hybridized carbons (Fsp3) is 0.360. The minimum atomic E-state index is -0.217. The van der Waals surface area contributed by atoms with Crippen LogP contribution >= 0.6 is 0 Å². The molecule has 0 atom stereocenters. The lowest BCUT2D eigenvalue weighted by atomic mass is 9.93. The number of anilines is 1. The summed E-state index contributed by atoms with van der Waals surface area (Å²) in [6.45, 7) is 4.64. The van der Waals surface area contributed by atoms with Gasteiger partial charge in [0.2, 0.25) is 5.95 Å². The van der Waals surface area contributed by atoms with Crippen LogP contribution < -0.4 is 5.32 Å². The van der Waals surface area contributed by atoms with E-state index in [1.165, 1.54) is 12.1 Å². The molecule has 170 valence electrons. The van der Waals surface area contributed by atoms with Gasteiger partial charge in [0.15, 0.2) is 5.65 Å². The third-order valence-electron chi connectivity index (χ3n) is 6.29. The number of fused-ring (bicyclic) bond motifs is 1. The van der Waals surface area contributed by atoms with Crippen LogP contribution in [0.15, 0.2) is 61.1 Å². The second-order valence-corrected chi connectivity index (χ2v) is 8.58. The van der Waals surface area contributed by atoms with Crippen molar-refractivity contribution in [2.75, 3.05) is 31.5 Å². The highest BCUT2D eigenvalue weighted by molar-refractivity contribution is 5.71. The molecular formula is C25H28FN7. The summed E-state index contributed by atoms with van der Waals surface area (Å²) in [6.07, 6.45) is 8.53. The van der Waals surface area contributed by atoms with Gasteiger partial charge in [-0.2, -0.15) is 0 Å². The number of halogens is 1. The Balaban J connectivity index is 1.20. The number of imidazole rings is 1. The first kappa shape index (κ1) is 21.5. The molecule has 1 N–H and O–H groups in total. The number of hydrogen-bond donors (Lipinski definition) is 1. The Bertz CT molecular complexity index is 1170. The first-order valence-corrected chi connectivity index (χ1v) is 11.5. The third-order valence-corrected chi connectivity index (χ3v) is 6.29. The lowest BCUT2D eigenvalue weighted by Gasteiger charge is -2.31. The van der Waals surface area contributed by atoms with Crippen molar-refractivity contribution in [3.05, 3.63) is 78.3 Å². The predicted molar refractivity (Wildman–Crippen MR) is 126 cm³/mol. The molecule has 0 saturated carbocycles. The van der Waals surface area contributed by atoms with Crippen LogP contribution in [0.3, 0.4) is 0 Å². The highest BCUT2D eigenvalue weighted by atomic mass is 19.1. The second kappa shape index (κ2) is 10.0. The molecular weight excluding hydrogens is 417 g/mol. The lowest BCUT2D eigenvalue weighted by molar-refractivity contribution is 0.188. The number of likely N-dealkylation sites (tertiary alicyclic amines) is 1. The van der Waals surface area contributed by atoms with Gasteiger partial charge >= 0.3 is 0 Å². The molecule has 33 heavy (non-hydrogen) atoms. The normalized spacial score (nSPS) is 15.2. The summed E-state index contributed by atoms with van der Waals surface area (Å²) in [6, 6.07) is 12.4. The van der Waals surface area contributed by atoms with E-state index in [1.807, 2.05) is 36.5 Å². The molecule has 1 aliphatic heterocycles. The Morgan fingerprint density at radius 3 is 2.48 bits per heavy atom. The number of nitrogens with one attached hydrogen (secondary N) is 1. The summed E-state index contributed by atoms with van der Waals surface area (Å²) in [7, 11) is 0. The molecule has 7 nitrogen and oxygen atoms in total. The average molecular weight is 446 g/mol. The van der Waals surface area contributed by atoms with Crippen LogP contribution in [0.2, 0.25) is 0 Å². The van der Waals surface area contributed by atoms with Gasteiger partial charge in [-0.25, -0.2) is 24.3 Å². The Kier molecular flexibility index (Phi) is 6.53. The zero-order chi connectivity index (χ0) is 22.5. The fourth-order valence-corrected chi connectivity index (χ4v) is 4.49. The highest BCUT2D eigenvalue weighted by Crippen LogP contribution is 2.24. The maximum atomic E-state index is 13.4. The molecule has 0 amide bonds. The van der Waals surface area contributed by atoms with Crippen molar-refractivity contribution in [3.8, 4) is 0 Å². The maximum Gasteiger partial charge on any atom is 0.222 e. The molecule has 3 aromatic heterocycles. The second-order valence-electron chi connectivity index (χ2n) is 8.58. The van der Waals surface area contributed by atoms with E-state index < -0.39 is 0 Å². The van der Waals surface area contributed by atoms with Gasteiger partial charge in [-0.1, -0.05) is 12.1 Å². The van der Waals surface area contributed by atoms with E-state index in [1.54, 1.807) is 12.4 Å². The molecule has 0 unspecified atom stereocenters. The van der Waals surface area contributed by atoms with Crippen molar-refractivity contribution in [1.29, 1.82) is 0 Å². The van der Waals surface area contributed by atoms with E-state index >= 15 is 0 Å². The molecule has 8 heteroatoms. The number of hydrogen-bond acceptors (Lipinski definition) is 6. The lowest BCUT2D eigenvalue weighted by Crippen LogP contribution is -2.37. The minimum absolute atomic E-state index is 0.217. The molecule has 0 radical (unpaired) electrons. The predicted octanol–water partition coefficient (Wildman–Crippen LogP) is 3.78. The molecule has 5 rings (SSSR count). The molecule has 4 aromatic rings. The van der Waals surface area contributed by atoms with E-state index in [2.05, 4.69) is 29.7 Å². The van der Waals surface area contributed by atoms with Crippen molar-refractivity contribution in [2.24, 2.45) is 5.92 Å². The van der Waals surface area contributed by atoms with Crippen LogP contribution in [-0.2, 0) is 13.0 Å². The molecule has 1 aliphatic rings. The van der Waals surface area contributed by atoms with Gasteiger partial charge < -0.3 is 14.8 Å². The Labute approximate surface area is 192 Å². The zero-order valence-corrected chi connectivity index (χ0v) is 18.6. The van der Waals surface area contributed by atoms with Crippen LogP contribution in [0.25, 0.3) is 11.2 Å². The average Bonchev–Trinajstić information content (AvgIpc) is 3.19. The first-order valence-electron chi connectivity index (χ1n) is 11.5. The van der Waals surface area contributed by atoms with Crippen molar-refractivity contribution < 1.29 is 4.39 Å². The van der Waals surface area contributed by atoms with E-state index in [-0.39, 0.29) is 5.82 Å². The Morgan fingerprint density at radius 1 is 0.939 bits per heavy atom. The molecule has 1 aromatic carbocycles.